The SMILES string of the molecule is [2H]CN(c1c(Br)cncc1[N+](=O)[O-])[C@@H](C)C(=O)O. The number of hydrogen-bond donors (Lipinski definition) is 1. The Morgan fingerprint density at radius 3 is 2.88 bits per heavy atom. The predicted molar refractivity (Wildman–Crippen MR) is 64.1 cm³/mol. The summed E-state index contributed by atoms with van der Waals surface area (Å²) in [4.78, 5) is 25.9. The first-order valence-electron chi connectivity index (χ1n) is 5.17. The van der Waals surface area contributed by atoms with Gasteiger partial charge in [-0.1, -0.05) is 0 Å². The van der Waals surface area contributed by atoms with Gasteiger partial charge in [-0.2, -0.15) is 0 Å². The molecule has 0 amide bonds. The number of hydrogen-bond acceptors (Lipinski definition) is 5. The highest BCUT2D eigenvalue weighted by molar-refractivity contribution is 9.10. The van der Waals surface area contributed by atoms with E-state index in [1.807, 2.05) is 0 Å². The van der Waals surface area contributed by atoms with Crippen LogP contribution in [0.3, 0.4) is 0 Å². The number of aliphatic carboxylic acids is 1. The molecule has 1 aromatic heterocycles. The lowest BCUT2D eigenvalue weighted by molar-refractivity contribution is -0.384. The number of nitro groups is 1. The summed E-state index contributed by atoms with van der Waals surface area (Å²) in [6, 6.07) is -1.06. The van der Waals surface area contributed by atoms with E-state index in [0.29, 0.717) is 0 Å². The van der Waals surface area contributed by atoms with Gasteiger partial charge in [0.25, 0.3) is 0 Å². The van der Waals surface area contributed by atoms with Gasteiger partial charge in [0.1, 0.15) is 17.9 Å². The van der Waals surface area contributed by atoms with Crippen molar-refractivity contribution in [2.75, 3.05) is 11.9 Å². The van der Waals surface area contributed by atoms with Crippen LogP contribution in [0.4, 0.5) is 11.4 Å². The van der Waals surface area contributed by atoms with Crippen LogP contribution in [0.2, 0.25) is 0 Å². The summed E-state index contributed by atoms with van der Waals surface area (Å²) in [6.07, 6.45) is 2.34. The van der Waals surface area contributed by atoms with E-state index >= 15 is 0 Å². The van der Waals surface area contributed by atoms with Crippen molar-refractivity contribution in [3.63, 3.8) is 0 Å². The number of rotatable bonds is 4. The van der Waals surface area contributed by atoms with Gasteiger partial charge in [0.15, 0.2) is 0 Å². The molecule has 0 spiro atoms. The molecule has 7 nitrogen and oxygen atoms in total. The van der Waals surface area contributed by atoms with E-state index in [2.05, 4.69) is 20.9 Å². The second kappa shape index (κ2) is 5.09. The standard InChI is InChI=1S/C9H10BrN3O4/c1-5(9(14)15)12(2)8-6(10)3-11-4-7(8)13(16)17/h3-5H,1-2H3,(H,14,15)/t5-/m0/s1/i2D. The van der Waals surface area contributed by atoms with Gasteiger partial charge in [-0.05, 0) is 22.9 Å². The third-order valence-corrected chi connectivity index (χ3v) is 2.74. The Hall–Kier alpha value is -1.70. The van der Waals surface area contributed by atoms with Crippen LogP contribution in [0.5, 0.6) is 0 Å². The monoisotopic (exact) mass is 304 g/mol. The van der Waals surface area contributed by atoms with Crippen molar-refractivity contribution in [3.8, 4) is 0 Å². The summed E-state index contributed by atoms with van der Waals surface area (Å²) in [7, 11) is -0.420. The average molecular weight is 305 g/mol. The quantitative estimate of drug-likeness (QED) is 0.671. The first-order chi connectivity index (χ1) is 8.40. The third-order valence-electron chi connectivity index (χ3n) is 2.16. The molecule has 1 N–H and O–H groups in total. The van der Waals surface area contributed by atoms with Gasteiger partial charge >= 0.3 is 11.7 Å². The van der Waals surface area contributed by atoms with Gasteiger partial charge in [-0.25, -0.2) is 4.79 Å². The fourth-order valence-corrected chi connectivity index (χ4v) is 1.71. The number of nitrogens with zero attached hydrogens (tertiary/aromatic N) is 3. The average Bonchev–Trinajstić information content (AvgIpc) is 2.31. The molecule has 0 unspecified atom stereocenters. The van der Waals surface area contributed by atoms with E-state index in [1.165, 1.54) is 13.1 Å². The Kier molecular flexibility index (Phi) is 3.52. The molecule has 8 heteroatoms. The van der Waals surface area contributed by atoms with Crippen LogP contribution in [0.1, 0.15) is 8.29 Å². The van der Waals surface area contributed by atoms with Gasteiger partial charge < -0.3 is 10.0 Å². The summed E-state index contributed by atoms with van der Waals surface area (Å²) in [5, 5.41) is 19.8. The largest absolute Gasteiger partial charge is 0.480 e. The van der Waals surface area contributed by atoms with E-state index in [9.17, 15) is 14.9 Å². The maximum Gasteiger partial charge on any atom is 0.326 e. The summed E-state index contributed by atoms with van der Waals surface area (Å²) in [5.41, 5.74) is -0.301. The number of halogens is 1. The molecule has 0 aliphatic heterocycles. The number of aromatic nitrogens is 1. The highest BCUT2D eigenvalue weighted by Gasteiger charge is 2.26. The van der Waals surface area contributed by atoms with Gasteiger partial charge in [0, 0.05) is 14.6 Å². The van der Waals surface area contributed by atoms with Crippen molar-refractivity contribution in [2.24, 2.45) is 0 Å². The molecule has 92 valence electrons. The zero-order chi connectivity index (χ0) is 13.9. The van der Waals surface area contributed by atoms with E-state index < -0.39 is 24.0 Å². The summed E-state index contributed by atoms with van der Waals surface area (Å²) in [6.45, 7) is 1.35. The minimum atomic E-state index is -1.17. The first-order valence-corrected chi connectivity index (χ1v) is 5.26. The molecule has 0 saturated carbocycles. The maximum absolute atomic E-state index is 10.9. The van der Waals surface area contributed by atoms with Crippen molar-refractivity contribution in [2.45, 2.75) is 13.0 Å². The van der Waals surface area contributed by atoms with Gasteiger partial charge in [0.2, 0.25) is 0 Å². The lowest BCUT2D eigenvalue weighted by Gasteiger charge is -2.23. The number of carboxylic acid groups (broad SMARTS) is 1. The van der Waals surface area contributed by atoms with Crippen LogP contribution >= 0.6 is 15.9 Å². The molecule has 17 heavy (non-hydrogen) atoms. The fourth-order valence-electron chi connectivity index (χ4n) is 1.16. The van der Waals surface area contributed by atoms with Crippen LogP contribution in [0.15, 0.2) is 16.9 Å². The summed E-state index contributed by atoms with van der Waals surface area (Å²) < 4.78 is 7.63. The van der Waals surface area contributed by atoms with Crippen molar-refractivity contribution in [1.29, 1.82) is 0 Å². The van der Waals surface area contributed by atoms with E-state index in [-0.39, 0.29) is 15.8 Å². The molecular weight excluding hydrogens is 294 g/mol. The highest BCUT2D eigenvalue weighted by atomic mass is 79.9. The zero-order valence-electron chi connectivity index (χ0n) is 9.83. The summed E-state index contributed by atoms with van der Waals surface area (Å²) >= 11 is 3.09. The molecule has 0 bridgehead atoms. The van der Waals surface area contributed by atoms with Gasteiger partial charge in [-0.3, -0.25) is 15.1 Å². The second-order valence-corrected chi connectivity index (χ2v) is 4.08. The second-order valence-electron chi connectivity index (χ2n) is 3.23. The molecule has 1 rings (SSSR count). The minimum Gasteiger partial charge on any atom is -0.480 e. The number of pyridine rings is 1. The number of likely N-dealkylation sites (N-methyl/N-ethyl adjacent to an activating group) is 1. The summed E-state index contributed by atoms with van der Waals surface area (Å²) in [5.74, 6) is -1.17. The highest BCUT2D eigenvalue weighted by Crippen LogP contribution is 2.34. The van der Waals surface area contributed by atoms with Crippen molar-refractivity contribution >= 4 is 33.3 Å². The lowest BCUT2D eigenvalue weighted by Crippen LogP contribution is -2.36. The molecule has 1 atom stereocenters. The number of carbonyl (C=O) groups is 1. The van der Waals surface area contributed by atoms with Crippen LogP contribution in [-0.2, 0) is 4.79 Å². The Labute approximate surface area is 107 Å². The molecule has 0 aliphatic carbocycles. The Bertz CT molecular complexity index is 485. The van der Waals surface area contributed by atoms with E-state index in [4.69, 9.17) is 6.48 Å². The molecule has 1 heterocycles. The third kappa shape index (κ3) is 2.70. The zero-order valence-corrected chi connectivity index (χ0v) is 10.4. The molecule has 1 aromatic rings. The Morgan fingerprint density at radius 1 is 1.76 bits per heavy atom. The molecule has 0 aliphatic rings. The number of carboxylic acids is 1. The maximum atomic E-state index is 10.9. The lowest BCUT2D eigenvalue weighted by atomic mass is 10.2. The van der Waals surface area contributed by atoms with Crippen LogP contribution in [-0.4, -0.2) is 34.0 Å². The Balaban J connectivity index is 3.36. The van der Waals surface area contributed by atoms with Crippen molar-refractivity contribution < 1.29 is 16.2 Å². The van der Waals surface area contributed by atoms with Crippen LogP contribution < -0.4 is 4.90 Å². The Morgan fingerprint density at radius 2 is 2.41 bits per heavy atom. The molecule has 0 radical (unpaired) electrons. The van der Waals surface area contributed by atoms with E-state index in [0.717, 1.165) is 11.1 Å². The van der Waals surface area contributed by atoms with Crippen LogP contribution in [0, 0.1) is 10.1 Å². The van der Waals surface area contributed by atoms with Gasteiger partial charge in [-0.15, -0.1) is 0 Å². The normalized spacial score (nSPS) is 12.7. The smallest absolute Gasteiger partial charge is 0.326 e. The van der Waals surface area contributed by atoms with Crippen molar-refractivity contribution in [1.82, 2.24) is 4.98 Å². The molecule has 0 saturated heterocycles. The molecule has 0 aromatic carbocycles. The topological polar surface area (TPSA) is 96.6 Å². The predicted octanol–water partition coefficient (Wildman–Crippen LogP) is 1.66. The van der Waals surface area contributed by atoms with Crippen LogP contribution in [0.25, 0.3) is 0 Å². The molecular formula is C9H10BrN3O4. The van der Waals surface area contributed by atoms with E-state index in [1.54, 1.807) is 0 Å². The van der Waals surface area contributed by atoms with Crippen molar-refractivity contribution in [3.05, 3.63) is 27.0 Å². The first kappa shape index (κ1) is 11.8. The fraction of sp³-hybridized carbons (Fsp3) is 0.333. The van der Waals surface area contributed by atoms with Gasteiger partial charge in [0.05, 0.1) is 9.40 Å². The molecule has 0 fully saturated rings. The minimum absolute atomic E-state index is 0.0416. The number of anilines is 1.